The Morgan fingerprint density at radius 2 is 2.33 bits per heavy atom. The molecular formula is C15H20ClNO4. The van der Waals surface area contributed by atoms with Crippen LogP contribution >= 0.6 is 11.6 Å². The third-order valence-electron chi connectivity index (χ3n) is 5.25. The molecule has 0 aromatic heterocycles. The van der Waals surface area contributed by atoms with E-state index in [1.165, 1.54) is 0 Å². The minimum atomic E-state index is -1.33. The Balaban J connectivity index is 1.94. The van der Waals surface area contributed by atoms with E-state index in [1.807, 2.05) is 12.2 Å². The van der Waals surface area contributed by atoms with Crippen LogP contribution in [0.4, 0.5) is 0 Å². The highest BCUT2D eigenvalue weighted by atomic mass is 35.5. The standard InChI is InChI=1S/C15H20ClNO4/c1-14-10(7-8-16)12(19)17-15(14,13(20)21-14)11(18)9-5-3-2-4-6-9/h3,5,9-11,18H,2,4,6-8H2,1H3,(H,17,19)/t9?,10?,11?,14-,15-/m1/s1. The number of carbonyl (C=O) groups excluding carboxylic acids is 2. The van der Waals surface area contributed by atoms with Gasteiger partial charge < -0.3 is 15.2 Å². The van der Waals surface area contributed by atoms with Gasteiger partial charge in [0.25, 0.3) is 0 Å². The number of ether oxygens (including phenoxy) is 1. The van der Waals surface area contributed by atoms with Crippen LogP contribution in [0.1, 0.15) is 32.6 Å². The lowest BCUT2D eigenvalue weighted by molar-refractivity contribution is -0.238. The molecule has 3 rings (SSSR count). The molecule has 116 valence electrons. The van der Waals surface area contributed by atoms with E-state index in [0.717, 1.165) is 19.3 Å². The molecule has 6 heteroatoms. The summed E-state index contributed by atoms with van der Waals surface area (Å²) in [5.41, 5.74) is -2.34. The number of carbonyl (C=O) groups is 2. The summed E-state index contributed by atoms with van der Waals surface area (Å²) >= 11 is 5.76. The maximum atomic E-state index is 12.2. The van der Waals surface area contributed by atoms with Crippen LogP contribution in [0.2, 0.25) is 0 Å². The zero-order valence-corrected chi connectivity index (χ0v) is 12.7. The Labute approximate surface area is 128 Å². The molecule has 1 amide bonds. The van der Waals surface area contributed by atoms with Gasteiger partial charge in [0.05, 0.1) is 12.0 Å². The molecule has 21 heavy (non-hydrogen) atoms. The second kappa shape index (κ2) is 4.99. The maximum absolute atomic E-state index is 12.2. The first-order valence-electron chi connectivity index (χ1n) is 7.43. The van der Waals surface area contributed by atoms with E-state index in [2.05, 4.69) is 5.32 Å². The van der Waals surface area contributed by atoms with Crippen LogP contribution in [-0.4, -0.2) is 40.1 Å². The molecule has 0 aromatic carbocycles. The first-order chi connectivity index (χ1) is 9.97. The summed E-state index contributed by atoms with van der Waals surface area (Å²) in [5, 5.41) is 13.5. The lowest BCUT2D eigenvalue weighted by Gasteiger charge is -2.54. The zero-order chi connectivity index (χ0) is 15.3. The van der Waals surface area contributed by atoms with E-state index in [0.29, 0.717) is 12.3 Å². The number of allylic oxidation sites excluding steroid dienone is 1. The zero-order valence-electron chi connectivity index (χ0n) is 12.0. The van der Waals surface area contributed by atoms with Crippen LogP contribution in [0, 0.1) is 11.8 Å². The van der Waals surface area contributed by atoms with E-state index in [-0.39, 0.29) is 11.8 Å². The fourth-order valence-electron chi connectivity index (χ4n) is 3.99. The van der Waals surface area contributed by atoms with Gasteiger partial charge in [0.1, 0.15) is 0 Å². The summed E-state index contributed by atoms with van der Waals surface area (Å²) in [7, 11) is 0. The Kier molecular flexibility index (Phi) is 3.53. The predicted molar refractivity (Wildman–Crippen MR) is 76.7 cm³/mol. The predicted octanol–water partition coefficient (Wildman–Crippen LogP) is 1.13. The third kappa shape index (κ3) is 1.80. The van der Waals surface area contributed by atoms with Crippen molar-refractivity contribution in [2.75, 3.05) is 5.88 Å². The van der Waals surface area contributed by atoms with Gasteiger partial charge in [-0.25, -0.2) is 4.79 Å². The van der Waals surface area contributed by atoms with Crippen molar-refractivity contribution in [1.82, 2.24) is 5.32 Å². The number of rotatable bonds is 4. The average Bonchev–Trinajstić information content (AvgIpc) is 2.65. The average molecular weight is 314 g/mol. The first kappa shape index (κ1) is 14.9. The number of halogens is 1. The number of hydrogen-bond donors (Lipinski definition) is 2. The second-order valence-corrected chi connectivity index (χ2v) is 6.67. The fraction of sp³-hybridized carbons (Fsp3) is 0.733. The highest BCUT2D eigenvalue weighted by Gasteiger charge is 2.79. The molecule has 0 aromatic rings. The molecule has 0 spiro atoms. The summed E-state index contributed by atoms with van der Waals surface area (Å²) < 4.78 is 5.34. The van der Waals surface area contributed by atoms with Gasteiger partial charge in [-0.15, -0.1) is 11.6 Å². The van der Waals surface area contributed by atoms with Crippen LogP contribution in [0.25, 0.3) is 0 Å². The maximum Gasteiger partial charge on any atom is 0.339 e. The second-order valence-electron chi connectivity index (χ2n) is 6.29. The van der Waals surface area contributed by atoms with Crippen LogP contribution < -0.4 is 5.32 Å². The van der Waals surface area contributed by atoms with Crippen LogP contribution in [0.3, 0.4) is 0 Å². The number of nitrogens with one attached hydrogen (secondary N) is 1. The van der Waals surface area contributed by atoms with Crippen LogP contribution in [0.15, 0.2) is 12.2 Å². The highest BCUT2D eigenvalue weighted by molar-refractivity contribution is 6.18. The molecule has 3 aliphatic rings. The monoisotopic (exact) mass is 313 g/mol. The third-order valence-corrected chi connectivity index (χ3v) is 5.47. The van der Waals surface area contributed by atoms with Crippen LogP contribution in [-0.2, 0) is 14.3 Å². The van der Waals surface area contributed by atoms with Gasteiger partial charge in [-0.2, -0.15) is 0 Å². The lowest BCUT2D eigenvalue weighted by atomic mass is 9.64. The molecule has 2 N–H and O–H groups in total. The summed E-state index contributed by atoms with van der Waals surface area (Å²) in [5.74, 6) is -1.14. The summed E-state index contributed by atoms with van der Waals surface area (Å²) in [6.07, 6.45) is 6.17. The smallest absolute Gasteiger partial charge is 0.339 e. The van der Waals surface area contributed by atoms with E-state index < -0.39 is 29.1 Å². The van der Waals surface area contributed by atoms with Crippen molar-refractivity contribution in [3.63, 3.8) is 0 Å². The quantitative estimate of drug-likeness (QED) is 0.463. The van der Waals surface area contributed by atoms with Crippen molar-refractivity contribution in [1.29, 1.82) is 0 Å². The number of amides is 1. The molecule has 5 atom stereocenters. The number of esters is 1. The Hall–Kier alpha value is -1.07. The number of aliphatic hydroxyl groups excluding tert-OH is 1. The molecule has 0 bridgehead atoms. The largest absolute Gasteiger partial charge is 0.453 e. The molecule has 1 aliphatic carbocycles. The summed E-state index contributed by atoms with van der Waals surface area (Å²) in [4.78, 5) is 24.4. The van der Waals surface area contributed by atoms with Crippen molar-refractivity contribution in [2.24, 2.45) is 11.8 Å². The van der Waals surface area contributed by atoms with Crippen molar-refractivity contribution in [3.8, 4) is 0 Å². The summed E-state index contributed by atoms with van der Waals surface area (Å²) in [6.45, 7) is 1.72. The minimum Gasteiger partial charge on any atom is -0.453 e. The van der Waals surface area contributed by atoms with Crippen molar-refractivity contribution in [3.05, 3.63) is 12.2 Å². The van der Waals surface area contributed by atoms with Gasteiger partial charge in [-0.3, -0.25) is 4.79 Å². The normalized spacial score (nSPS) is 42.8. The lowest BCUT2D eigenvalue weighted by Crippen LogP contribution is -2.80. The van der Waals surface area contributed by atoms with Gasteiger partial charge in [0, 0.05) is 11.8 Å². The number of aliphatic hydroxyl groups is 1. The van der Waals surface area contributed by atoms with Gasteiger partial charge >= 0.3 is 5.97 Å². The topological polar surface area (TPSA) is 75.6 Å². The Morgan fingerprint density at radius 3 is 2.90 bits per heavy atom. The molecular weight excluding hydrogens is 294 g/mol. The van der Waals surface area contributed by atoms with Crippen molar-refractivity contribution in [2.45, 2.75) is 49.9 Å². The Bertz CT molecular complexity index is 508. The number of hydrogen-bond acceptors (Lipinski definition) is 4. The van der Waals surface area contributed by atoms with Gasteiger partial charge in [-0.1, -0.05) is 12.2 Å². The van der Waals surface area contributed by atoms with Gasteiger partial charge in [0.15, 0.2) is 5.60 Å². The Morgan fingerprint density at radius 1 is 1.57 bits per heavy atom. The van der Waals surface area contributed by atoms with E-state index in [9.17, 15) is 14.7 Å². The van der Waals surface area contributed by atoms with E-state index in [1.54, 1.807) is 6.92 Å². The fourth-order valence-corrected chi connectivity index (χ4v) is 4.21. The molecule has 5 nitrogen and oxygen atoms in total. The molecule has 2 aliphatic heterocycles. The SMILES string of the molecule is C[C@]12OC(=O)[C@@]1(C(O)C1C=CCCC1)NC(=O)C2CCCl. The molecule has 0 radical (unpaired) electrons. The minimum absolute atomic E-state index is 0.138. The number of fused-ring (bicyclic) bond motifs is 1. The number of alkyl halides is 1. The van der Waals surface area contributed by atoms with Crippen LogP contribution in [0.5, 0.6) is 0 Å². The molecule has 2 heterocycles. The molecule has 2 saturated heterocycles. The first-order valence-corrected chi connectivity index (χ1v) is 7.97. The van der Waals surface area contributed by atoms with E-state index >= 15 is 0 Å². The summed E-state index contributed by atoms with van der Waals surface area (Å²) in [6, 6.07) is 0. The molecule has 2 fully saturated rings. The van der Waals surface area contributed by atoms with E-state index in [4.69, 9.17) is 16.3 Å². The van der Waals surface area contributed by atoms with Gasteiger partial charge in [-0.05, 0) is 32.6 Å². The van der Waals surface area contributed by atoms with Crippen molar-refractivity contribution < 1.29 is 19.4 Å². The molecule has 0 saturated carbocycles. The highest BCUT2D eigenvalue weighted by Crippen LogP contribution is 2.53. The molecule has 3 unspecified atom stereocenters. The van der Waals surface area contributed by atoms with Crippen molar-refractivity contribution >= 4 is 23.5 Å². The van der Waals surface area contributed by atoms with Gasteiger partial charge in [0.2, 0.25) is 11.4 Å².